The van der Waals surface area contributed by atoms with Crippen LogP contribution in [0.5, 0.6) is 0 Å². The Morgan fingerprint density at radius 2 is 1.97 bits per heavy atom. The third-order valence-corrected chi connectivity index (χ3v) is 6.58. The number of aryl methyl sites for hydroxylation is 1. The Bertz CT molecular complexity index is 1740. The predicted octanol–water partition coefficient (Wildman–Crippen LogP) is 3.72. The third-order valence-electron chi connectivity index (χ3n) is 6.08. The summed E-state index contributed by atoms with van der Waals surface area (Å²) in [6.45, 7) is -0.250. The molecule has 0 spiro atoms. The van der Waals surface area contributed by atoms with Crippen molar-refractivity contribution in [2.24, 2.45) is 0 Å². The number of aromatic carboxylic acids is 1. The molecule has 1 aliphatic heterocycles. The number of fused-ring (bicyclic) bond motifs is 1. The van der Waals surface area contributed by atoms with Crippen LogP contribution in [0, 0.1) is 0 Å². The molecule has 5 heterocycles. The van der Waals surface area contributed by atoms with E-state index in [2.05, 4.69) is 25.5 Å². The number of benzene rings is 1. The summed E-state index contributed by atoms with van der Waals surface area (Å²) in [6.07, 6.45) is 4.02. The number of pyridine rings is 1. The topological polar surface area (TPSA) is 182 Å². The summed E-state index contributed by atoms with van der Waals surface area (Å²) in [7, 11) is 0. The lowest BCUT2D eigenvalue weighted by atomic mass is 10.0. The van der Waals surface area contributed by atoms with E-state index in [1.54, 1.807) is 28.8 Å². The van der Waals surface area contributed by atoms with Gasteiger partial charge in [-0.2, -0.15) is 4.68 Å². The normalized spacial score (nSPS) is 13.9. The molecule has 0 bridgehead atoms. The van der Waals surface area contributed by atoms with E-state index in [4.69, 9.17) is 42.6 Å². The van der Waals surface area contributed by atoms with Crippen LogP contribution in [0.3, 0.4) is 0 Å². The highest BCUT2D eigenvalue weighted by Gasteiger charge is 2.29. The van der Waals surface area contributed by atoms with Gasteiger partial charge in [-0.1, -0.05) is 23.2 Å². The van der Waals surface area contributed by atoms with Crippen molar-refractivity contribution in [1.29, 1.82) is 0 Å². The van der Waals surface area contributed by atoms with Crippen molar-refractivity contribution < 1.29 is 24.2 Å². The van der Waals surface area contributed by atoms with Gasteiger partial charge in [0.15, 0.2) is 0 Å². The minimum Gasteiger partial charge on any atom is -0.483 e. The molecule has 0 saturated heterocycles. The molecule has 6 rings (SSSR count). The molecule has 13 nitrogen and oxygen atoms in total. The standard InChI is InChI=1S/C23H15Cl2N7O4.CH2O2/c24-13-1-3-16(31-10-26-29-30-31)15(8-13)11-5-14-2-4-17(32(14)19(33)7-11)22-27-20(21(25)28-22)12-6-18(23(34)35)36-9-12;2-1-3/h1,3,5-10,17H,2,4H2,(H,27,28)(H,34,35);1H,(H,2,3)/t17-;/m0./s1. The van der Waals surface area contributed by atoms with Crippen molar-refractivity contribution in [3.8, 4) is 28.1 Å². The number of carboxylic acid groups (broad SMARTS) is 2. The number of aromatic amines is 1. The van der Waals surface area contributed by atoms with Gasteiger partial charge in [0.25, 0.3) is 12.0 Å². The number of aromatic nitrogens is 7. The minimum absolute atomic E-state index is 0.210. The van der Waals surface area contributed by atoms with Gasteiger partial charge in [-0.25, -0.2) is 9.78 Å². The lowest BCUT2D eigenvalue weighted by molar-refractivity contribution is -0.122. The number of nitrogens with zero attached hydrogens (tertiary/aromatic N) is 6. The van der Waals surface area contributed by atoms with Gasteiger partial charge < -0.3 is 24.2 Å². The maximum atomic E-state index is 13.3. The molecule has 4 aromatic heterocycles. The van der Waals surface area contributed by atoms with E-state index in [0.29, 0.717) is 46.2 Å². The van der Waals surface area contributed by atoms with Crippen molar-refractivity contribution in [3.05, 3.63) is 86.8 Å². The van der Waals surface area contributed by atoms with Gasteiger partial charge in [-0.05, 0) is 53.1 Å². The van der Waals surface area contributed by atoms with Crippen molar-refractivity contribution in [1.82, 2.24) is 34.7 Å². The van der Waals surface area contributed by atoms with E-state index >= 15 is 0 Å². The quantitative estimate of drug-likeness (QED) is 0.263. The Morgan fingerprint density at radius 3 is 2.67 bits per heavy atom. The Labute approximate surface area is 228 Å². The molecule has 39 heavy (non-hydrogen) atoms. The van der Waals surface area contributed by atoms with Crippen LogP contribution in [-0.4, -0.2) is 57.4 Å². The second-order valence-electron chi connectivity index (χ2n) is 8.31. The average molecular weight is 570 g/mol. The van der Waals surface area contributed by atoms with Gasteiger partial charge in [0, 0.05) is 34.0 Å². The summed E-state index contributed by atoms with van der Waals surface area (Å²) in [6, 6.07) is 9.77. The van der Waals surface area contributed by atoms with Gasteiger partial charge in [0.05, 0.1) is 11.7 Å². The number of rotatable bonds is 5. The fourth-order valence-electron chi connectivity index (χ4n) is 4.51. The first-order valence-corrected chi connectivity index (χ1v) is 12.0. The summed E-state index contributed by atoms with van der Waals surface area (Å²) in [4.78, 5) is 40.5. The number of halogens is 2. The van der Waals surface area contributed by atoms with Gasteiger partial charge in [0.1, 0.15) is 29.3 Å². The molecule has 5 aromatic rings. The number of nitrogens with one attached hydrogen (secondary N) is 1. The van der Waals surface area contributed by atoms with Crippen LogP contribution in [-0.2, 0) is 11.2 Å². The Morgan fingerprint density at radius 1 is 1.18 bits per heavy atom. The molecule has 15 heteroatoms. The zero-order valence-corrected chi connectivity index (χ0v) is 21.2. The molecule has 0 unspecified atom stereocenters. The monoisotopic (exact) mass is 569 g/mol. The number of H-pyrrole nitrogens is 1. The number of imidazole rings is 1. The van der Waals surface area contributed by atoms with Crippen LogP contribution in [0.15, 0.2) is 58.2 Å². The molecule has 0 fully saturated rings. The molecule has 1 aromatic carbocycles. The highest BCUT2D eigenvalue weighted by molar-refractivity contribution is 6.32. The number of carbonyl (C=O) groups is 2. The second-order valence-corrected chi connectivity index (χ2v) is 9.12. The van der Waals surface area contributed by atoms with E-state index < -0.39 is 5.97 Å². The fourth-order valence-corrected chi connectivity index (χ4v) is 4.93. The van der Waals surface area contributed by atoms with Crippen LogP contribution in [0.25, 0.3) is 28.1 Å². The van der Waals surface area contributed by atoms with E-state index in [1.807, 2.05) is 6.07 Å². The lowest BCUT2D eigenvalue weighted by Gasteiger charge is -2.14. The Balaban J connectivity index is 0.000000983. The molecular formula is C24H17Cl2N7O6. The first-order valence-electron chi connectivity index (χ1n) is 11.2. The minimum atomic E-state index is -1.19. The first-order chi connectivity index (χ1) is 18.8. The largest absolute Gasteiger partial charge is 0.483 e. The van der Waals surface area contributed by atoms with Crippen LogP contribution in [0.1, 0.15) is 34.5 Å². The first kappa shape index (κ1) is 25.9. The summed E-state index contributed by atoms with van der Waals surface area (Å²) >= 11 is 12.6. The number of tetrazole rings is 1. The summed E-state index contributed by atoms with van der Waals surface area (Å²) in [5.41, 5.74) is 3.50. The van der Waals surface area contributed by atoms with Crippen LogP contribution in [0.4, 0.5) is 0 Å². The highest BCUT2D eigenvalue weighted by atomic mass is 35.5. The second kappa shape index (κ2) is 10.6. The van der Waals surface area contributed by atoms with E-state index in [0.717, 1.165) is 11.3 Å². The van der Waals surface area contributed by atoms with E-state index in [1.165, 1.54) is 23.3 Å². The number of carboxylic acids is 1. The molecule has 1 atom stereocenters. The molecule has 0 aliphatic carbocycles. The van der Waals surface area contributed by atoms with Gasteiger partial charge in [-0.15, -0.1) is 5.10 Å². The fraction of sp³-hybridized carbons (Fsp3) is 0.125. The van der Waals surface area contributed by atoms with E-state index in [9.17, 15) is 9.59 Å². The molecule has 0 saturated carbocycles. The molecule has 0 amide bonds. The van der Waals surface area contributed by atoms with Crippen molar-refractivity contribution >= 4 is 35.6 Å². The summed E-state index contributed by atoms with van der Waals surface area (Å²) < 4.78 is 8.25. The predicted molar refractivity (Wildman–Crippen MR) is 137 cm³/mol. The summed E-state index contributed by atoms with van der Waals surface area (Å²) in [5, 5.41) is 28.1. The zero-order chi connectivity index (χ0) is 27.7. The van der Waals surface area contributed by atoms with Crippen LogP contribution < -0.4 is 5.56 Å². The third kappa shape index (κ3) is 4.92. The maximum absolute atomic E-state index is 13.3. The number of furan rings is 1. The van der Waals surface area contributed by atoms with Crippen molar-refractivity contribution in [2.45, 2.75) is 18.9 Å². The van der Waals surface area contributed by atoms with Crippen molar-refractivity contribution in [2.75, 3.05) is 0 Å². The van der Waals surface area contributed by atoms with Crippen molar-refractivity contribution in [3.63, 3.8) is 0 Å². The average Bonchev–Trinajstić information content (AvgIpc) is 3.70. The van der Waals surface area contributed by atoms with Gasteiger partial charge in [-0.3, -0.25) is 9.59 Å². The highest BCUT2D eigenvalue weighted by Crippen LogP contribution is 2.36. The molecule has 3 N–H and O–H groups in total. The van der Waals surface area contributed by atoms with Crippen LogP contribution in [0.2, 0.25) is 10.2 Å². The Hall–Kier alpha value is -4.75. The number of hydrogen-bond donors (Lipinski definition) is 3. The molecule has 198 valence electrons. The van der Waals surface area contributed by atoms with Crippen LogP contribution >= 0.6 is 23.2 Å². The Kier molecular flexibility index (Phi) is 7.00. The lowest BCUT2D eigenvalue weighted by Crippen LogP contribution is -2.24. The number of hydrogen-bond acceptors (Lipinski definition) is 8. The van der Waals surface area contributed by atoms with Gasteiger partial charge in [0.2, 0.25) is 5.76 Å². The smallest absolute Gasteiger partial charge is 0.371 e. The van der Waals surface area contributed by atoms with Gasteiger partial charge >= 0.3 is 5.97 Å². The SMILES string of the molecule is O=C(O)c1cc(-c2nc([C@@H]3CCc4cc(-c5cc(Cl)ccc5-n5cnnn5)cc(=O)n43)[nH]c2Cl)co1.O=CO. The maximum Gasteiger partial charge on any atom is 0.371 e. The summed E-state index contributed by atoms with van der Waals surface area (Å²) in [5.74, 6) is -0.912. The zero-order valence-electron chi connectivity index (χ0n) is 19.7. The molecular weight excluding hydrogens is 553 g/mol. The molecule has 1 aliphatic rings. The molecule has 0 radical (unpaired) electrons. The van der Waals surface area contributed by atoms with E-state index in [-0.39, 0.29) is 29.0 Å².